The van der Waals surface area contributed by atoms with E-state index in [1.54, 1.807) is 25.1 Å². The molecule has 0 radical (unpaired) electrons. The van der Waals surface area contributed by atoms with Gasteiger partial charge in [0.2, 0.25) is 0 Å². The fourth-order valence-electron chi connectivity index (χ4n) is 1.21. The molecule has 0 aliphatic rings. The van der Waals surface area contributed by atoms with Gasteiger partial charge in [-0.15, -0.1) is 0 Å². The Hall–Kier alpha value is -0.930. The molecule has 0 saturated heterocycles. The van der Waals surface area contributed by atoms with Crippen LogP contribution in [0, 0.1) is 0 Å². The molecule has 1 aromatic carbocycles. The maximum absolute atomic E-state index is 10.3. The molecule has 0 bridgehead atoms. The summed E-state index contributed by atoms with van der Waals surface area (Å²) in [5.74, 6) is 0. The van der Waals surface area contributed by atoms with Gasteiger partial charge in [-0.1, -0.05) is 29.3 Å². The molecule has 3 nitrogen and oxygen atoms in total. The Morgan fingerprint density at radius 3 is 2.73 bits per heavy atom. The largest absolute Gasteiger partial charge is 0.506 e. The second-order valence-electron chi connectivity index (χ2n) is 3.13. The predicted octanol–water partition coefficient (Wildman–Crippen LogP) is 3.62. The number of halogens is 2. The van der Waals surface area contributed by atoms with Gasteiger partial charge < -0.3 is 9.84 Å². The van der Waals surface area contributed by atoms with Crippen molar-refractivity contribution in [2.45, 2.75) is 19.4 Å². The molecule has 0 saturated carbocycles. The summed E-state index contributed by atoms with van der Waals surface area (Å²) in [6.45, 7) is 1.67. The Bertz CT molecular complexity index is 366. The van der Waals surface area contributed by atoms with E-state index in [-0.39, 0.29) is 0 Å². The quantitative estimate of drug-likeness (QED) is 0.832. The van der Waals surface area contributed by atoms with Crippen molar-refractivity contribution in [3.8, 4) is 0 Å². The lowest BCUT2D eigenvalue weighted by Gasteiger charge is -2.11. The zero-order chi connectivity index (χ0) is 11.4. The van der Waals surface area contributed by atoms with Gasteiger partial charge in [0.25, 0.3) is 0 Å². The number of hydrogen-bond acceptors (Lipinski definition) is 2. The average molecular weight is 249 g/mol. The summed E-state index contributed by atoms with van der Waals surface area (Å²) in [5.41, 5.74) is 0.815. The molecule has 0 amide bonds. The highest BCUT2D eigenvalue weighted by molar-refractivity contribution is 6.35. The van der Waals surface area contributed by atoms with E-state index in [4.69, 9.17) is 28.3 Å². The minimum absolute atomic E-state index is 0.429. The van der Waals surface area contributed by atoms with Crippen molar-refractivity contribution >= 4 is 29.4 Å². The van der Waals surface area contributed by atoms with Crippen LogP contribution in [0.4, 0.5) is 4.79 Å². The topological polar surface area (TPSA) is 46.5 Å². The van der Waals surface area contributed by atoms with Crippen molar-refractivity contribution < 1.29 is 14.6 Å². The lowest BCUT2D eigenvalue weighted by atomic mass is 10.1. The summed E-state index contributed by atoms with van der Waals surface area (Å²) in [6.07, 6.45) is -1.28. The van der Waals surface area contributed by atoms with E-state index < -0.39 is 12.3 Å². The lowest BCUT2D eigenvalue weighted by molar-refractivity contribution is 0.0593. The third-order valence-corrected chi connectivity index (χ3v) is 2.41. The number of carboxylic acid groups (broad SMARTS) is 1. The first kappa shape index (κ1) is 12.1. The fourth-order valence-corrected chi connectivity index (χ4v) is 1.70. The van der Waals surface area contributed by atoms with Gasteiger partial charge in [-0.3, -0.25) is 0 Å². The number of benzene rings is 1. The van der Waals surface area contributed by atoms with Crippen LogP contribution in [-0.2, 0) is 11.2 Å². The van der Waals surface area contributed by atoms with Gasteiger partial charge in [-0.2, -0.15) is 0 Å². The molecular weight excluding hydrogens is 239 g/mol. The van der Waals surface area contributed by atoms with Crippen LogP contribution in [-0.4, -0.2) is 17.4 Å². The number of ether oxygens (including phenoxy) is 1. The molecule has 1 rings (SSSR count). The Morgan fingerprint density at radius 2 is 2.20 bits per heavy atom. The number of hydrogen-bond donors (Lipinski definition) is 1. The molecule has 0 fully saturated rings. The van der Waals surface area contributed by atoms with Gasteiger partial charge in [0, 0.05) is 16.5 Å². The standard InChI is InChI=1S/C10H10Cl2O3/c1-6(15-10(13)14)4-7-2-3-8(11)5-9(7)12/h2-3,5-6H,4H2,1H3,(H,13,14). The van der Waals surface area contributed by atoms with Crippen molar-refractivity contribution in [1.29, 1.82) is 0 Å². The maximum atomic E-state index is 10.3. The van der Waals surface area contributed by atoms with Gasteiger partial charge >= 0.3 is 6.16 Å². The van der Waals surface area contributed by atoms with Gasteiger partial charge in [-0.25, -0.2) is 4.79 Å². The highest BCUT2D eigenvalue weighted by atomic mass is 35.5. The molecule has 0 aliphatic carbocycles. The highest BCUT2D eigenvalue weighted by Crippen LogP contribution is 2.22. The summed E-state index contributed by atoms with van der Waals surface area (Å²) in [4.78, 5) is 10.3. The van der Waals surface area contributed by atoms with E-state index >= 15 is 0 Å². The smallest absolute Gasteiger partial charge is 0.450 e. The van der Waals surface area contributed by atoms with Crippen LogP contribution in [0.5, 0.6) is 0 Å². The minimum atomic E-state index is -1.28. The van der Waals surface area contributed by atoms with Crippen LogP contribution < -0.4 is 0 Å². The van der Waals surface area contributed by atoms with Crippen LogP contribution in [0.1, 0.15) is 12.5 Å². The molecule has 1 atom stereocenters. The van der Waals surface area contributed by atoms with Gasteiger partial charge in [0.1, 0.15) is 6.10 Å². The predicted molar refractivity (Wildman–Crippen MR) is 58.7 cm³/mol. The van der Waals surface area contributed by atoms with E-state index in [2.05, 4.69) is 4.74 Å². The van der Waals surface area contributed by atoms with E-state index in [1.165, 1.54) is 0 Å². The maximum Gasteiger partial charge on any atom is 0.506 e. The third-order valence-electron chi connectivity index (χ3n) is 1.82. The number of carbonyl (C=O) groups is 1. The molecule has 0 aromatic heterocycles. The molecule has 0 spiro atoms. The van der Waals surface area contributed by atoms with E-state index in [0.717, 1.165) is 5.56 Å². The third kappa shape index (κ3) is 3.98. The molecule has 15 heavy (non-hydrogen) atoms. The second-order valence-corrected chi connectivity index (χ2v) is 3.98. The zero-order valence-electron chi connectivity index (χ0n) is 8.04. The zero-order valence-corrected chi connectivity index (χ0v) is 9.55. The van der Waals surface area contributed by atoms with Gasteiger partial charge in [0.05, 0.1) is 0 Å². The summed E-state index contributed by atoms with van der Waals surface area (Å²) >= 11 is 11.7. The normalized spacial score (nSPS) is 12.2. The van der Waals surface area contributed by atoms with Crippen molar-refractivity contribution in [3.63, 3.8) is 0 Å². The Kier molecular flexibility index (Phi) is 4.24. The molecule has 0 heterocycles. The van der Waals surface area contributed by atoms with Crippen LogP contribution in [0.25, 0.3) is 0 Å². The first-order valence-electron chi connectivity index (χ1n) is 4.32. The van der Waals surface area contributed by atoms with Crippen LogP contribution in [0.2, 0.25) is 10.0 Å². The fraction of sp³-hybridized carbons (Fsp3) is 0.300. The second kappa shape index (κ2) is 5.24. The van der Waals surface area contributed by atoms with Gasteiger partial charge in [-0.05, 0) is 24.6 Å². The van der Waals surface area contributed by atoms with Gasteiger partial charge in [0.15, 0.2) is 0 Å². The van der Waals surface area contributed by atoms with E-state index in [9.17, 15) is 4.79 Å². The van der Waals surface area contributed by atoms with Crippen molar-refractivity contribution in [3.05, 3.63) is 33.8 Å². The first-order valence-corrected chi connectivity index (χ1v) is 5.08. The first-order chi connectivity index (χ1) is 6.99. The highest BCUT2D eigenvalue weighted by Gasteiger charge is 2.10. The SMILES string of the molecule is CC(Cc1ccc(Cl)cc1Cl)OC(=O)O. The van der Waals surface area contributed by atoms with E-state index in [0.29, 0.717) is 16.5 Å². The summed E-state index contributed by atoms with van der Waals surface area (Å²) < 4.78 is 4.56. The molecule has 0 aliphatic heterocycles. The van der Waals surface area contributed by atoms with Crippen molar-refractivity contribution in [1.82, 2.24) is 0 Å². The van der Waals surface area contributed by atoms with Crippen LogP contribution in [0.3, 0.4) is 0 Å². The Morgan fingerprint density at radius 1 is 1.53 bits per heavy atom. The van der Waals surface area contributed by atoms with Crippen molar-refractivity contribution in [2.24, 2.45) is 0 Å². The number of rotatable bonds is 3. The minimum Gasteiger partial charge on any atom is -0.450 e. The monoisotopic (exact) mass is 248 g/mol. The average Bonchev–Trinajstić information content (AvgIpc) is 2.08. The molecule has 5 heteroatoms. The Labute approximate surface area is 97.6 Å². The Balaban J connectivity index is 2.68. The summed E-state index contributed by atoms with van der Waals surface area (Å²) in [5, 5.41) is 9.47. The van der Waals surface area contributed by atoms with Crippen molar-refractivity contribution in [2.75, 3.05) is 0 Å². The lowest BCUT2D eigenvalue weighted by Crippen LogP contribution is -2.15. The molecular formula is C10H10Cl2O3. The molecule has 82 valence electrons. The van der Waals surface area contributed by atoms with Crippen LogP contribution >= 0.6 is 23.2 Å². The van der Waals surface area contributed by atoms with Crippen LogP contribution in [0.15, 0.2) is 18.2 Å². The molecule has 1 unspecified atom stereocenters. The summed E-state index contributed by atoms with van der Waals surface area (Å²) in [6, 6.07) is 5.08. The summed E-state index contributed by atoms with van der Waals surface area (Å²) in [7, 11) is 0. The molecule has 1 N–H and O–H groups in total. The molecule has 1 aromatic rings. The van der Waals surface area contributed by atoms with E-state index in [1.807, 2.05) is 0 Å².